The first-order chi connectivity index (χ1) is 10.9. The summed E-state index contributed by atoms with van der Waals surface area (Å²) >= 11 is 0. The Morgan fingerprint density at radius 2 is 2.00 bits per heavy atom. The smallest absolute Gasteiger partial charge is 0.336 e. The van der Waals surface area contributed by atoms with Gasteiger partial charge in [0.25, 0.3) is 0 Å². The van der Waals surface area contributed by atoms with Crippen molar-refractivity contribution in [2.45, 2.75) is 26.7 Å². The van der Waals surface area contributed by atoms with Gasteiger partial charge in [-0.05, 0) is 30.0 Å². The van der Waals surface area contributed by atoms with Crippen molar-refractivity contribution in [2.24, 2.45) is 5.92 Å². The van der Waals surface area contributed by atoms with Crippen molar-refractivity contribution in [3.8, 4) is 0 Å². The molecule has 124 valence electrons. The van der Waals surface area contributed by atoms with E-state index >= 15 is 0 Å². The maximum absolute atomic E-state index is 12.1. The Morgan fingerprint density at radius 1 is 1.26 bits per heavy atom. The Kier molecular flexibility index (Phi) is 5.42. The van der Waals surface area contributed by atoms with Gasteiger partial charge in [0.2, 0.25) is 5.91 Å². The average Bonchev–Trinajstić information content (AvgIpc) is 2.45. The van der Waals surface area contributed by atoms with Gasteiger partial charge in [0, 0.05) is 43.8 Å². The monoisotopic (exact) mass is 316 g/mol. The van der Waals surface area contributed by atoms with Crippen LogP contribution in [-0.4, -0.2) is 26.5 Å². The fourth-order valence-electron chi connectivity index (χ4n) is 2.38. The van der Waals surface area contributed by atoms with E-state index in [9.17, 15) is 9.59 Å². The molecule has 1 amide bonds. The lowest BCUT2D eigenvalue weighted by Crippen LogP contribution is -2.27. The summed E-state index contributed by atoms with van der Waals surface area (Å²) in [5.41, 5.74) is 1.72. The van der Waals surface area contributed by atoms with Crippen molar-refractivity contribution in [3.05, 3.63) is 40.2 Å². The molecule has 23 heavy (non-hydrogen) atoms. The zero-order valence-corrected chi connectivity index (χ0v) is 14.2. The second-order valence-electron chi connectivity index (χ2n) is 6.37. The Morgan fingerprint density at radius 3 is 2.65 bits per heavy atom. The molecule has 5 heteroatoms. The second kappa shape index (κ2) is 7.31. The maximum Gasteiger partial charge on any atom is 0.336 e. The highest BCUT2D eigenvalue weighted by Crippen LogP contribution is 2.23. The van der Waals surface area contributed by atoms with Crippen LogP contribution in [0.4, 0.5) is 5.69 Å². The van der Waals surface area contributed by atoms with Crippen LogP contribution < -0.4 is 15.8 Å². The number of fused-ring (bicyclic) bond motifs is 1. The third-order valence-corrected chi connectivity index (χ3v) is 3.73. The first-order valence-corrected chi connectivity index (χ1v) is 7.87. The molecule has 0 fully saturated rings. The van der Waals surface area contributed by atoms with Crippen molar-refractivity contribution >= 4 is 22.6 Å². The maximum atomic E-state index is 12.1. The average molecular weight is 316 g/mol. The number of nitrogens with zero attached hydrogens (tertiary/aromatic N) is 1. The predicted octanol–water partition coefficient (Wildman–Crippen LogP) is 2.56. The SMILES string of the molecule is CC(C)CCNC(=O)Cc1cc(=O)oc2cc(N(C)C)ccc12. The van der Waals surface area contributed by atoms with E-state index in [1.54, 1.807) is 0 Å². The van der Waals surface area contributed by atoms with E-state index in [-0.39, 0.29) is 12.3 Å². The van der Waals surface area contributed by atoms with E-state index in [4.69, 9.17) is 4.42 Å². The second-order valence-corrected chi connectivity index (χ2v) is 6.37. The number of amides is 1. The molecule has 0 bridgehead atoms. The molecule has 0 radical (unpaired) electrons. The molecule has 1 aromatic carbocycles. The highest BCUT2D eigenvalue weighted by molar-refractivity contribution is 5.88. The molecule has 0 spiro atoms. The summed E-state index contributed by atoms with van der Waals surface area (Å²) in [6.07, 6.45) is 1.12. The molecule has 1 N–H and O–H groups in total. The van der Waals surface area contributed by atoms with Crippen LogP contribution in [0.5, 0.6) is 0 Å². The Hall–Kier alpha value is -2.30. The summed E-state index contributed by atoms with van der Waals surface area (Å²) in [5.74, 6) is 0.471. The highest BCUT2D eigenvalue weighted by atomic mass is 16.4. The minimum Gasteiger partial charge on any atom is -0.423 e. The quantitative estimate of drug-likeness (QED) is 0.832. The Bertz CT molecular complexity index is 748. The van der Waals surface area contributed by atoms with Gasteiger partial charge in [0.05, 0.1) is 6.42 Å². The van der Waals surface area contributed by atoms with Crippen LogP contribution in [0.15, 0.2) is 33.5 Å². The first kappa shape index (κ1) is 17.1. The van der Waals surface area contributed by atoms with Gasteiger partial charge in [0.15, 0.2) is 0 Å². The molecular weight excluding hydrogens is 292 g/mol. The molecule has 0 aliphatic rings. The number of carbonyl (C=O) groups excluding carboxylic acids is 1. The van der Waals surface area contributed by atoms with Crippen molar-refractivity contribution in [3.63, 3.8) is 0 Å². The third kappa shape index (κ3) is 4.58. The fourth-order valence-corrected chi connectivity index (χ4v) is 2.38. The van der Waals surface area contributed by atoms with Gasteiger partial charge in [-0.25, -0.2) is 4.79 Å². The molecule has 0 unspecified atom stereocenters. The number of rotatable bonds is 6. The fraction of sp³-hybridized carbons (Fsp3) is 0.444. The van der Waals surface area contributed by atoms with Crippen molar-refractivity contribution < 1.29 is 9.21 Å². The topological polar surface area (TPSA) is 62.6 Å². The van der Waals surface area contributed by atoms with Gasteiger partial charge in [-0.15, -0.1) is 0 Å². The molecular formula is C18H24N2O3. The molecule has 2 aromatic rings. The number of carbonyl (C=O) groups is 1. The lowest BCUT2D eigenvalue weighted by molar-refractivity contribution is -0.120. The van der Waals surface area contributed by atoms with Crippen LogP contribution in [0.2, 0.25) is 0 Å². The van der Waals surface area contributed by atoms with Crippen LogP contribution in [0, 0.1) is 5.92 Å². The zero-order valence-electron chi connectivity index (χ0n) is 14.2. The molecule has 5 nitrogen and oxygen atoms in total. The number of anilines is 1. The summed E-state index contributed by atoms with van der Waals surface area (Å²) in [6, 6.07) is 7.06. The lowest BCUT2D eigenvalue weighted by atomic mass is 10.1. The summed E-state index contributed by atoms with van der Waals surface area (Å²) < 4.78 is 5.27. The van der Waals surface area contributed by atoms with Crippen LogP contribution in [0.1, 0.15) is 25.8 Å². The number of nitrogens with one attached hydrogen (secondary N) is 1. The molecule has 1 heterocycles. The Balaban J connectivity index is 2.23. The van der Waals surface area contributed by atoms with Gasteiger partial charge in [-0.3, -0.25) is 4.79 Å². The minimum atomic E-state index is -0.432. The molecule has 0 aliphatic heterocycles. The minimum absolute atomic E-state index is 0.0748. The predicted molar refractivity (Wildman–Crippen MR) is 93.0 cm³/mol. The van der Waals surface area contributed by atoms with E-state index in [1.165, 1.54) is 6.07 Å². The van der Waals surface area contributed by atoms with Crippen molar-refractivity contribution in [2.75, 3.05) is 25.5 Å². The van der Waals surface area contributed by atoms with Crippen molar-refractivity contribution in [1.82, 2.24) is 5.32 Å². The van der Waals surface area contributed by atoms with Gasteiger partial charge in [-0.2, -0.15) is 0 Å². The van der Waals surface area contributed by atoms with Crippen LogP contribution in [0.25, 0.3) is 11.0 Å². The van der Waals surface area contributed by atoms with Crippen LogP contribution in [0.3, 0.4) is 0 Å². The Labute approximate surface area is 136 Å². The molecule has 0 aliphatic carbocycles. The van der Waals surface area contributed by atoms with E-state index < -0.39 is 5.63 Å². The standard InChI is InChI=1S/C18H24N2O3/c1-12(2)7-8-19-17(21)9-13-10-18(22)23-16-11-14(20(3)4)5-6-15(13)16/h5-6,10-12H,7-9H2,1-4H3,(H,19,21). The van der Waals surface area contributed by atoms with E-state index in [1.807, 2.05) is 37.2 Å². The van der Waals surface area contributed by atoms with Crippen LogP contribution >= 0.6 is 0 Å². The van der Waals surface area contributed by atoms with E-state index in [0.29, 0.717) is 23.6 Å². The lowest BCUT2D eigenvalue weighted by Gasteiger charge is -2.13. The number of hydrogen-bond donors (Lipinski definition) is 1. The summed E-state index contributed by atoms with van der Waals surface area (Å²) in [6.45, 7) is 4.88. The van der Waals surface area contributed by atoms with Gasteiger partial charge in [0.1, 0.15) is 5.58 Å². The molecule has 0 saturated heterocycles. The summed E-state index contributed by atoms with van der Waals surface area (Å²) in [4.78, 5) is 25.8. The first-order valence-electron chi connectivity index (χ1n) is 7.87. The normalized spacial score (nSPS) is 11.0. The van der Waals surface area contributed by atoms with E-state index in [0.717, 1.165) is 17.5 Å². The zero-order chi connectivity index (χ0) is 17.0. The van der Waals surface area contributed by atoms with Crippen molar-refractivity contribution in [1.29, 1.82) is 0 Å². The number of benzene rings is 1. The largest absolute Gasteiger partial charge is 0.423 e. The summed E-state index contributed by atoms with van der Waals surface area (Å²) in [5, 5.41) is 3.70. The number of hydrogen-bond acceptors (Lipinski definition) is 4. The third-order valence-electron chi connectivity index (χ3n) is 3.73. The molecule has 2 rings (SSSR count). The van der Waals surface area contributed by atoms with E-state index in [2.05, 4.69) is 19.2 Å². The molecule has 0 saturated carbocycles. The van der Waals surface area contributed by atoms with Gasteiger partial charge >= 0.3 is 5.63 Å². The van der Waals surface area contributed by atoms with Gasteiger partial charge < -0.3 is 14.6 Å². The highest BCUT2D eigenvalue weighted by Gasteiger charge is 2.11. The van der Waals surface area contributed by atoms with Crippen LogP contribution in [-0.2, 0) is 11.2 Å². The summed E-state index contributed by atoms with van der Waals surface area (Å²) in [7, 11) is 3.84. The van der Waals surface area contributed by atoms with Gasteiger partial charge in [-0.1, -0.05) is 13.8 Å². The molecule has 0 atom stereocenters. The molecule has 1 aromatic heterocycles.